The van der Waals surface area contributed by atoms with E-state index in [1.165, 1.54) is 27.2 Å². The fraction of sp³-hybridized carbons (Fsp3) is 0.231. The Morgan fingerprint density at radius 1 is 0.833 bits per heavy atom. The molecule has 0 radical (unpaired) electrons. The van der Waals surface area contributed by atoms with E-state index < -0.39 is 17.3 Å². The van der Waals surface area contributed by atoms with Gasteiger partial charge in [-0.05, 0) is 34.4 Å². The molecule has 0 aromatic heterocycles. The first-order chi connectivity index (χ1) is 14.6. The molecular weight excluding hydrogens is 374 g/mol. The zero-order valence-electron chi connectivity index (χ0n) is 16.8. The monoisotopic (exact) mass is 395 g/mol. The number of carbonyl (C=O) groups is 2. The molecule has 3 aromatic carbocycles. The second-order valence-electron chi connectivity index (χ2n) is 8.57. The third-order valence-electron chi connectivity index (χ3n) is 7.35. The van der Waals surface area contributed by atoms with E-state index >= 15 is 0 Å². The maximum atomic E-state index is 13.8. The molecule has 1 fully saturated rings. The summed E-state index contributed by atoms with van der Waals surface area (Å²) in [6.07, 6.45) is 0. The molecule has 0 N–H and O–H groups in total. The van der Waals surface area contributed by atoms with Crippen molar-refractivity contribution < 1.29 is 14.3 Å². The van der Waals surface area contributed by atoms with Gasteiger partial charge in [-0.2, -0.15) is 0 Å². The molecule has 1 saturated heterocycles. The Labute approximate surface area is 175 Å². The molecule has 3 aromatic rings. The Kier molecular flexibility index (Phi) is 3.39. The average molecular weight is 395 g/mol. The number of hydrogen-bond acceptors (Lipinski definition) is 3. The predicted octanol–water partition coefficient (Wildman–Crippen LogP) is 4.27. The Morgan fingerprint density at radius 2 is 1.47 bits per heavy atom. The largest absolute Gasteiger partial charge is 0.497 e. The lowest BCUT2D eigenvalue weighted by molar-refractivity contribution is -0.123. The molecule has 0 spiro atoms. The van der Waals surface area contributed by atoms with Crippen LogP contribution in [0.1, 0.15) is 35.1 Å². The van der Waals surface area contributed by atoms with Crippen molar-refractivity contribution >= 4 is 17.5 Å². The molecule has 1 heterocycles. The Morgan fingerprint density at radius 3 is 2.10 bits per heavy atom. The fourth-order valence-electron chi connectivity index (χ4n) is 6.15. The predicted molar refractivity (Wildman–Crippen MR) is 114 cm³/mol. The maximum absolute atomic E-state index is 13.8. The van der Waals surface area contributed by atoms with Gasteiger partial charge in [-0.15, -0.1) is 0 Å². The molecule has 2 atom stereocenters. The molecule has 2 bridgehead atoms. The average Bonchev–Trinajstić information content (AvgIpc) is 3.06. The summed E-state index contributed by atoms with van der Waals surface area (Å²) >= 11 is 0. The van der Waals surface area contributed by atoms with Crippen LogP contribution in [0.3, 0.4) is 0 Å². The van der Waals surface area contributed by atoms with Crippen molar-refractivity contribution in [2.24, 2.45) is 11.8 Å². The molecule has 0 saturated carbocycles. The number of nitrogens with zero attached hydrogens (tertiary/aromatic N) is 1. The molecule has 4 aliphatic rings. The summed E-state index contributed by atoms with van der Waals surface area (Å²) in [6, 6.07) is 23.8. The van der Waals surface area contributed by atoms with Crippen LogP contribution in [-0.2, 0) is 15.0 Å². The summed E-state index contributed by atoms with van der Waals surface area (Å²) in [4.78, 5) is 29.0. The minimum Gasteiger partial charge on any atom is -0.497 e. The van der Waals surface area contributed by atoms with E-state index in [1.807, 2.05) is 36.4 Å². The number of hydrogen-bond donors (Lipinski definition) is 0. The molecule has 148 valence electrons. The highest BCUT2D eigenvalue weighted by Gasteiger charge is 2.66. The Hall–Kier alpha value is -3.40. The first-order valence-electron chi connectivity index (χ1n) is 10.3. The quantitative estimate of drug-likeness (QED) is 0.609. The van der Waals surface area contributed by atoms with Gasteiger partial charge < -0.3 is 4.74 Å². The van der Waals surface area contributed by atoms with Gasteiger partial charge in [0.15, 0.2) is 0 Å². The van der Waals surface area contributed by atoms with Crippen molar-refractivity contribution in [3.63, 3.8) is 0 Å². The normalized spacial score (nSPS) is 28.2. The minimum atomic E-state index is -0.535. The van der Waals surface area contributed by atoms with Crippen LogP contribution < -0.4 is 9.64 Å². The summed E-state index contributed by atoms with van der Waals surface area (Å²) in [7, 11) is 1.58. The smallest absolute Gasteiger partial charge is 0.238 e. The lowest BCUT2D eigenvalue weighted by atomic mass is 9.48. The number of benzene rings is 3. The Bertz CT molecular complexity index is 1180. The van der Waals surface area contributed by atoms with Crippen LogP contribution in [0.4, 0.5) is 5.69 Å². The highest BCUT2D eigenvalue weighted by atomic mass is 16.5. The molecule has 7 rings (SSSR count). The van der Waals surface area contributed by atoms with Crippen LogP contribution in [0.15, 0.2) is 72.8 Å². The number of ether oxygens (including phenoxy) is 1. The number of methoxy groups -OCH3 is 1. The number of rotatable bonds is 2. The maximum Gasteiger partial charge on any atom is 0.238 e. The SMILES string of the molecule is COc1cccc(N2C(=O)[C@@H]3[C@@H](C2=O)C2c4ccccc4C3(C)c3ccccc32)c1. The van der Waals surface area contributed by atoms with Crippen LogP contribution in [0.25, 0.3) is 0 Å². The van der Waals surface area contributed by atoms with E-state index in [1.54, 1.807) is 19.2 Å². The summed E-state index contributed by atoms with van der Waals surface area (Å²) in [5.41, 5.74) is 4.73. The Balaban J connectivity index is 1.60. The van der Waals surface area contributed by atoms with E-state index in [4.69, 9.17) is 4.74 Å². The number of carbonyl (C=O) groups excluding carboxylic acids is 2. The van der Waals surface area contributed by atoms with Crippen LogP contribution >= 0.6 is 0 Å². The first kappa shape index (κ1) is 17.5. The van der Waals surface area contributed by atoms with Crippen LogP contribution in [-0.4, -0.2) is 18.9 Å². The second-order valence-corrected chi connectivity index (χ2v) is 8.57. The molecule has 4 nitrogen and oxygen atoms in total. The van der Waals surface area contributed by atoms with Crippen LogP contribution in [0.5, 0.6) is 5.75 Å². The molecular formula is C26H21NO3. The van der Waals surface area contributed by atoms with Crippen molar-refractivity contribution in [1.29, 1.82) is 0 Å². The van der Waals surface area contributed by atoms with Crippen molar-refractivity contribution in [2.45, 2.75) is 18.3 Å². The minimum absolute atomic E-state index is 0.101. The van der Waals surface area contributed by atoms with Crippen LogP contribution in [0.2, 0.25) is 0 Å². The van der Waals surface area contributed by atoms with Gasteiger partial charge in [0, 0.05) is 17.4 Å². The van der Waals surface area contributed by atoms with Crippen molar-refractivity contribution in [1.82, 2.24) is 0 Å². The van der Waals surface area contributed by atoms with Crippen molar-refractivity contribution in [3.05, 3.63) is 95.1 Å². The van der Waals surface area contributed by atoms with Gasteiger partial charge in [0.05, 0.1) is 24.6 Å². The third kappa shape index (κ3) is 1.91. The van der Waals surface area contributed by atoms with Gasteiger partial charge in [-0.1, -0.05) is 61.5 Å². The first-order valence-corrected chi connectivity index (χ1v) is 10.3. The van der Waals surface area contributed by atoms with Gasteiger partial charge >= 0.3 is 0 Å². The molecule has 3 aliphatic carbocycles. The van der Waals surface area contributed by atoms with Crippen molar-refractivity contribution in [3.8, 4) is 5.75 Å². The molecule has 4 heteroatoms. The number of imide groups is 1. The highest BCUT2D eigenvalue weighted by molar-refractivity contribution is 6.23. The molecule has 30 heavy (non-hydrogen) atoms. The summed E-state index contributed by atoms with van der Waals surface area (Å²) in [6.45, 7) is 2.14. The standard InChI is InChI=1S/C26H21NO3/c1-26-19-12-5-3-10-17(19)21(18-11-4-6-13-20(18)26)22-23(26)25(29)27(24(22)28)15-8-7-9-16(14-15)30-2/h3-14,21-23H,1-2H3/t21?,22-,23-,26?/m0/s1. The van der Waals surface area contributed by atoms with E-state index in [2.05, 4.69) is 31.2 Å². The third-order valence-corrected chi connectivity index (χ3v) is 7.35. The lowest BCUT2D eigenvalue weighted by Crippen LogP contribution is -2.51. The summed E-state index contributed by atoms with van der Waals surface area (Å²) in [5, 5.41) is 0. The summed E-state index contributed by atoms with van der Waals surface area (Å²) in [5.74, 6) is -0.502. The van der Waals surface area contributed by atoms with Gasteiger partial charge in [0.1, 0.15) is 5.75 Å². The number of anilines is 1. The van der Waals surface area contributed by atoms with Gasteiger partial charge in [0.2, 0.25) is 11.8 Å². The van der Waals surface area contributed by atoms with E-state index in [9.17, 15) is 9.59 Å². The zero-order chi connectivity index (χ0) is 20.6. The van der Waals surface area contributed by atoms with E-state index in [0.717, 1.165) is 0 Å². The van der Waals surface area contributed by atoms with Crippen molar-refractivity contribution in [2.75, 3.05) is 12.0 Å². The molecule has 1 aliphatic heterocycles. The van der Waals surface area contributed by atoms with E-state index in [-0.39, 0.29) is 17.7 Å². The zero-order valence-corrected chi connectivity index (χ0v) is 16.8. The number of amides is 2. The molecule has 2 amide bonds. The van der Waals surface area contributed by atoms with Gasteiger partial charge in [0.25, 0.3) is 0 Å². The lowest BCUT2D eigenvalue weighted by Gasteiger charge is -2.52. The highest BCUT2D eigenvalue weighted by Crippen LogP contribution is 2.64. The fourth-order valence-corrected chi connectivity index (χ4v) is 6.15. The second kappa shape index (κ2) is 5.82. The van der Waals surface area contributed by atoms with Gasteiger partial charge in [-0.25, -0.2) is 4.90 Å². The van der Waals surface area contributed by atoms with E-state index in [0.29, 0.717) is 11.4 Å². The molecule has 0 unspecified atom stereocenters. The topological polar surface area (TPSA) is 46.6 Å². The van der Waals surface area contributed by atoms with Crippen LogP contribution in [0, 0.1) is 11.8 Å². The van der Waals surface area contributed by atoms with Gasteiger partial charge in [-0.3, -0.25) is 9.59 Å². The summed E-state index contributed by atoms with van der Waals surface area (Å²) < 4.78 is 5.33.